The number of aliphatic carboxylic acids is 1. The molecule has 21 heavy (non-hydrogen) atoms. The van der Waals surface area contributed by atoms with Gasteiger partial charge in [-0.05, 0) is 24.2 Å². The van der Waals surface area contributed by atoms with E-state index in [0.717, 1.165) is 17.7 Å². The van der Waals surface area contributed by atoms with Crippen LogP contribution in [-0.2, 0) is 11.2 Å². The van der Waals surface area contributed by atoms with Gasteiger partial charge >= 0.3 is 12.0 Å². The van der Waals surface area contributed by atoms with E-state index in [1.54, 1.807) is 0 Å². The Bertz CT molecular complexity index is 475. The summed E-state index contributed by atoms with van der Waals surface area (Å²) in [5.74, 6) is 0.115. The fourth-order valence-electron chi connectivity index (χ4n) is 2.27. The largest absolute Gasteiger partial charge is 0.480 e. The Hall–Kier alpha value is -1.69. The van der Waals surface area contributed by atoms with Crippen molar-refractivity contribution in [2.45, 2.75) is 30.6 Å². The summed E-state index contributed by atoms with van der Waals surface area (Å²) in [5, 5.41) is 15.0. The zero-order chi connectivity index (χ0) is 15.1. The molecule has 0 radical (unpaired) electrons. The van der Waals surface area contributed by atoms with Gasteiger partial charge in [-0.1, -0.05) is 30.3 Å². The highest BCUT2D eigenvalue weighted by atomic mass is 32.2. The van der Waals surface area contributed by atoms with Crippen LogP contribution in [0.25, 0.3) is 0 Å². The molecule has 0 spiro atoms. The molecule has 1 saturated heterocycles. The molecular formula is C15H20N2O3S. The van der Waals surface area contributed by atoms with E-state index in [1.165, 1.54) is 6.42 Å². The van der Waals surface area contributed by atoms with Crippen molar-refractivity contribution >= 4 is 23.8 Å². The first-order valence-corrected chi connectivity index (χ1v) is 8.12. The average molecular weight is 308 g/mol. The van der Waals surface area contributed by atoms with Crippen LogP contribution in [0.1, 0.15) is 18.4 Å². The predicted molar refractivity (Wildman–Crippen MR) is 83.6 cm³/mol. The van der Waals surface area contributed by atoms with Crippen LogP contribution in [-0.4, -0.2) is 40.7 Å². The normalized spacial score (nSPS) is 19.0. The van der Waals surface area contributed by atoms with Crippen LogP contribution in [0.15, 0.2) is 30.3 Å². The first-order valence-electron chi connectivity index (χ1n) is 7.08. The lowest BCUT2D eigenvalue weighted by atomic mass is 10.1. The van der Waals surface area contributed by atoms with Crippen LogP contribution in [0.3, 0.4) is 0 Å². The second kappa shape index (κ2) is 7.93. The van der Waals surface area contributed by atoms with Crippen LogP contribution in [0, 0.1) is 0 Å². The SMILES string of the molecule is O=C(NCC1CCCS1)N[C@@H](Cc1ccccc1)C(=O)O. The number of amides is 2. The van der Waals surface area contributed by atoms with E-state index in [9.17, 15) is 14.7 Å². The van der Waals surface area contributed by atoms with Crippen LogP contribution >= 0.6 is 11.8 Å². The second-order valence-corrected chi connectivity index (χ2v) is 6.48. The minimum atomic E-state index is -1.02. The van der Waals surface area contributed by atoms with Gasteiger partial charge in [0.25, 0.3) is 0 Å². The van der Waals surface area contributed by atoms with Crippen molar-refractivity contribution in [2.75, 3.05) is 12.3 Å². The van der Waals surface area contributed by atoms with Gasteiger partial charge in [0.05, 0.1) is 0 Å². The zero-order valence-corrected chi connectivity index (χ0v) is 12.6. The molecule has 1 heterocycles. The van der Waals surface area contributed by atoms with Gasteiger partial charge < -0.3 is 15.7 Å². The second-order valence-electron chi connectivity index (χ2n) is 5.07. The lowest BCUT2D eigenvalue weighted by Crippen LogP contribution is -2.48. The molecule has 5 nitrogen and oxygen atoms in total. The third-order valence-electron chi connectivity index (χ3n) is 3.40. The van der Waals surface area contributed by atoms with E-state index < -0.39 is 18.0 Å². The molecule has 2 atom stereocenters. The molecule has 0 bridgehead atoms. The van der Waals surface area contributed by atoms with Gasteiger partial charge in [-0.15, -0.1) is 0 Å². The maximum Gasteiger partial charge on any atom is 0.326 e. The fourth-order valence-corrected chi connectivity index (χ4v) is 3.47. The van der Waals surface area contributed by atoms with Gasteiger partial charge in [0.15, 0.2) is 0 Å². The number of rotatable bonds is 6. The smallest absolute Gasteiger partial charge is 0.326 e. The topological polar surface area (TPSA) is 78.4 Å². The number of carboxylic acid groups (broad SMARTS) is 1. The Morgan fingerprint density at radius 2 is 2.10 bits per heavy atom. The summed E-state index contributed by atoms with van der Waals surface area (Å²) < 4.78 is 0. The highest BCUT2D eigenvalue weighted by molar-refractivity contribution is 8.00. The van der Waals surface area contributed by atoms with Crippen molar-refractivity contribution in [1.29, 1.82) is 0 Å². The molecule has 0 saturated carbocycles. The summed E-state index contributed by atoms with van der Waals surface area (Å²) in [6.07, 6.45) is 2.57. The minimum absolute atomic E-state index is 0.280. The van der Waals surface area contributed by atoms with Gasteiger partial charge in [0, 0.05) is 18.2 Å². The van der Waals surface area contributed by atoms with E-state index in [4.69, 9.17) is 0 Å². The molecule has 1 aliphatic rings. The Morgan fingerprint density at radius 1 is 1.33 bits per heavy atom. The number of thioether (sulfide) groups is 1. The van der Waals surface area contributed by atoms with Crippen molar-refractivity contribution in [3.63, 3.8) is 0 Å². The Balaban J connectivity index is 1.81. The molecule has 2 rings (SSSR count). The monoisotopic (exact) mass is 308 g/mol. The summed E-state index contributed by atoms with van der Waals surface area (Å²) >= 11 is 1.85. The van der Waals surface area contributed by atoms with E-state index >= 15 is 0 Å². The first kappa shape index (κ1) is 15.7. The van der Waals surface area contributed by atoms with Crippen molar-refractivity contribution in [3.8, 4) is 0 Å². The highest BCUT2D eigenvalue weighted by Crippen LogP contribution is 2.25. The number of urea groups is 1. The molecule has 6 heteroatoms. The molecular weight excluding hydrogens is 288 g/mol. The molecule has 1 aliphatic heterocycles. The highest BCUT2D eigenvalue weighted by Gasteiger charge is 2.21. The number of hydrogen-bond donors (Lipinski definition) is 3. The maximum atomic E-state index is 11.8. The number of hydrogen-bond acceptors (Lipinski definition) is 3. The summed E-state index contributed by atoms with van der Waals surface area (Å²) in [5.41, 5.74) is 0.886. The Kier molecular flexibility index (Phi) is 5.92. The van der Waals surface area contributed by atoms with E-state index in [0.29, 0.717) is 11.8 Å². The molecule has 1 unspecified atom stereocenters. The molecule has 3 N–H and O–H groups in total. The van der Waals surface area contributed by atoms with E-state index in [-0.39, 0.29) is 6.42 Å². The third kappa shape index (κ3) is 5.30. The van der Waals surface area contributed by atoms with Gasteiger partial charge in [-0.3, -0.25) is 0 Å². The molecule has 1 aromatic carbocycles. The van der Waals surface area contributed by atoms with Crippen molar-refractivity contribution in [2.24, 2.45) is 0 Å². The third-order valence-corrected chi connectivity index (χ3v) is 4.80. The number of benzene rings is 1. The molecule has 2 amide bonds. The standard InChI is InChI=1S/C15H20N2O3S/c18-14(19)13(9-11-5-2-1-3-6-11)17-15(20)16-10-12-7-4-8-21-12/h1-3,5-6,12-13H,4,7-10H2,(H,18,19)(H2,16,17,20)/t12?,13-/m0/s1. The zero-order valence-electron chi connectivity index (χ0n) is 11.7. The number of carboxylic acids is 1. The van der Waals surface area contributed by atoms with Crippen LogP contribution in [0.2, 0.25) is 0 Å². The first-order chi connectivity index (χ1) is 10.1. The van der Waals surface area contributed by atoms with Gasteiger partial charge in [-0.2, -0.15) is 11.8 Å². The average Bonchev–Trinajstić information content (AvgIpc) is 2.99. The maximum absolute atomic E-state index is 11.8. The van der Waals surface area contributed by atoms with Crippen LogP contribution < -0.4 is 10.6 Å². The minimum Gasteiger partial charge on any atom is -0.480 e. The van der Waals surface area contributed by atoms with Gasteiger partial charge in [-0.25, -0.2) is 9.59 Å². The summed E-state index contributed by atoms with van der Waals surface area (Å²) in [4.78, 5) is 23.1. The molecule has 1 aromatic rings. The number of carbonyl (C=O) groups excluding carboxylic acids is 1. The number of nitrogens with one attached hydrogen (secondary N) is 2. The lowest BCUT2D eigenvalue weighted by molar-refractivity contribution is -0.139. The molecule has 114 valence electrons. The van der Waals surface area contributed by atoms with E-state index in [2.05, 4.69) is 10.6 Å². The molecule has 0 aliphatic carbocycles. The summed E-state index contributed by atoms with van der Waals surface area (Å²) in [6, 6.07) is 7.96. The molecule has 0 aromatic heterocycles. The Morgan fingerprint density at radius 3 is 2.71 bits per heavy atom. The van der Waals surface area contributed by atoms with Gasteiger partial charge in [0.2, 0.25) is 0 Å². The van der Waals surface area contributed by atoms with Crippen LogP contribution in [0.5, 0.6) is 0 Å². The van der Waals surface area contributed by atoms with E-state index in [1.807, 2.05) is 42.1 Å². The predicted octanol–water partition coefficient (Wildman–Crippen LogP) is 1.88. The van der Waals surface area contributed by atoms with Crippen LogP contribution in [0.4, 0.5) is 4.79 Å². The summed E-state index contributed by atoms with van der Waals surface area (Å²) in [7, 11) is 0. The molecule has 1 fully saturated rings. The summed E-state index contributed by atoms with van der Waals surface area (Å²) in [6.45, 7) is 0.591. The van der Waals surface area contributed by atoms with Crippen molar-refractivity contribution in [1.82, 2.24) is 10.6 Å². The Labute approximate surface area is 128 Å². The van der Waals surface area contributed by atoms with Crippen molar-refractivity contribution < 1.29 is 14.7 Å². The number of carbonyl (C=O) groups is 2. The van der Waals surface area contributed by atoms with Gasteiger partial charge in [0.1, 0.15) is 6.04 Å². The fraction of sp³-hybridized carbons (Fsp3) is 0.467. The quantitative estimate of drug-likeness (QED) is 0.750. The lowest BCUT2D eigenvalue weighted by Gasteiger charge is -2.16. The van der Waals surface area contributed by atoms with Crippen molar-refractivity contribution in [3.05, 3.63) is 35.9 Å².